The summed E-state index contributed by atoms with van der Waals surface area (Å²) in [6, 6.07) is 0. The van der Waals surface area contributed by atoms with Crippen LogP contribution in [0.1, 0.15) is 31.3 Å². The third kappa shape index (κ3) is 2.59. The molecule has 0 saturated heterocycles. The van der Waals surface area contributed by atoms with Gasteiger partial charge in [-0.05, 0) is 5.04 Å². The molecule has 0 bridgehead atoms. The van der Waals surface area contributed by atoms with E-state index >= 15 is 0 Å². The van der Waals surface area contributed by atoms with Crippen LogP contribution in [-0.2, 0) is 10.2 Å². The van der Waals surface area contributed by atoms with Gasteiger partial charge in [0.05, 0.1) is 6.20 Å². The quantitative estimate of drug-likeness (QED) is 0.615. The lowest BCUT2D eigenvalue weighted by atomic mass is 10.2. The van der Waals surface area contributed by atoms with Crippen LogP contribution in [0.3, 0.4) is 0 Å². The molecule has 114 valence electrons. The molecular weight excluding hydrogens is 294 g/mol. The number of hydrogen-bond acceptors (Lipinski definition) is 4. The van der Waals surface area contributed by atoms with Gasteiger partial charge in [0.15, 0.2) is 6.29 Å². The highest BCUT2D eigenvalue weighted by Gasteiger charge is 2.43. The first-order chi connectivity index (χ1) is 8.87. The lowest BCUT2D eigenvalue weighted by Crippen LogP contribution is -2.56. The van der Waals surface area contributed by atoms with Gasteiger partial charge in [-0.25, -0.2) is 8.96 Å². The fraction of sp³-hybridized carbons (Fsp3) is 0.667. The van der Waals surface area contributed by atoms with E-state index in [1.54, 1.807) is 0 Å². The summed E-state index contributed by atoms with van der Waals surface area (Å²) in [6.07, 6.45) is 1.87. The minimum atomic E-state index is -3.76. The van der Waals surface area contributed by atoms with Crippen LogP contribution in [0, 0.1) is 0 Å². The molecule has 1 rings (SSSR count). The van der Waals surface area contributed by atoms with Gasteiger partial charge < -0.3 is 0 Å². The van der Waals surface area contributed by atoms with E-state index in [4.69, 9.17) is 0 Å². The van der Waals surface area contributed by atoms with Gasteiger partial charge in [0.25, 0.3) is 0 Å². The Morgan fingerprint density at radius 3 is 2.15 bits per heavy atom. The number of rotatable bonds is 4. The summed E-state index contributed by atoms with van der Waals surface area (Å²) in [5.74, 6) is 0. The highest BCUT2D eigenvalue weighted by Crippen LogP contribution is 2.35. The number of imidazole rings is 1. The molecule has 0 aromatic carbocycles. The van der Waals surface area contributed by atoms with Crippen molar-refractivity contribution >= 4 is 30.0 Å². The summed E-state index contributed by atoms with van der Waals surface area (Å²) in [6.45, 7) is 10.3. The Hall–Kier alpha value is -0.993. The molecule has 1 aromatic heterocycles. The molecule has 0 radical (unpaired) electrons. The number of carbonyl (C=O) groups is 1. The van der Waals surface area contributed by atoms with Crippen LogP contribution in [-0.4, -0.2) is 50.1 Å². The van der Waals surface area contributed by atoms with Crippen LogP contribution in [0.5, 0.6) is 0 Å². The van der Waals surface area contributed by atoms with E-state index in [0.717, 1.165) is 8.28 Å². The molecule has 20 heavy (non-hydrogen) atoms. The Morgan fingerprint density at radius 1 is 1.30 bits per heavy atom. The maximum absolute atomic E-state index is 12.5. The fourth-order valence-electron chi connectivity index (χ4n) is 1.59. The Bertz CT molecular complexity index is 612. The number of nitrogens with zero attached hydrogens (tertiary/aromatic N) is 3. The van der Waals surface area contributed by atoms with Crippen LogP contribution in [0.2, 0.25) is 18.1 Å². The molecule has 0 spiro atoms. The number of aromatic nitrogens is 2. The summed E-state index contributed by atoms with van der Waals surface area (Å²) >= 11 is 0. The van der Waals surface area contributed by atoms with Gasteiger partial charge in [-0.1, -0.05) is 33.9 Å². The first-order valence-electron chi connectivity index (χ1n) is 6.33. The molecule has 1 heterocycles. The number of aldehydes is 1. The van der Waals surface area contributed by atoms with Crippen molar-refractivity contribution in [3.63, 3.8) is 0 Å². The molecule has 0 atom stereocenters. The van der Waals surface area contributed by atoms with E-state index in [1.807, 2.05) is 0 Å². The Kier molecular flexibility index (Phi) is 4.34. The van der Waals surface area contributed by atoms with E-state index in [1.165, 1.54) is 20.3 Å². The lowest BCUT2D eigenvalue weighted by Gasteiger charge is -2.36. The van der Waals surface area contributed by atoms with Crippen LogP contribution in [0.4, 0.5) is 0 Å². The smallest absolute Gasteiger partial charge is 0.296 e. The first kappa shape index (κ1) is 17.1. The van der Waals surface area contributed by atoms with Gasteiger partial charge in [-0.3, -0.25) is 4.79 Å². The maximum Gasteiger partial charge on any atom is 0.308 e. The third-order valence-corrected chi connectivity index (χ3v) is 11.1. The average Bonchev–Trinajstić information content (AvgIpc) is 2.71. The van der Waals surface area contributed by atoms with Crippen LogP contribution < -0.4 is 5.45 Å². The van der Waals surface area contributed by atoms with E-state index in [2.05, 4.69) is 38.8 Å². The zero-order chi connectivity index (χ0) is 15.9. The summed E-state index contributed by atoms with van der Waals surface area (Å²) in [4.78, 5) is 15.4. The second-order valence-electron chi connectivity index (χ2n) is 6.55. The van der Waals surface area contributed by atoms with Gasteiger partial charge in [-0.2, -0.15) is 12.7 Å². The number of hydrogen-bond donors (Lipinski definition) is 0. The molecule has 0 fully saturated rings. The highest BCUT2D eigenvalue weighted by atomic mass is 32.2. The van der Waals surface area contributed by atoms with Gasteiger partial charge in [0, 0.05) is 14.1 Å². The molecule has 6 nitrogen and oxygen atoms in total. The van der Waals surface area contributed by atoms with E-state index in [0.29, 0.717) is 11.7 Å². The molecule has 0 N–H and O–H groups in total. The van der Waals surface area contributed by atoms with Gasteiger partial charge in [0.1, 0.15) is 19.2 Å². The predicted molar refractivity (Wildman–Crippen MR) is 82.5 cm³/mol. The summed E-state index contributed by atoms with van der Waals surface area (Å²) in [7, 11) is -3.06. The van der Waals surface area contributed by atoms with Crippen LogP contribution in [0.15, 0.2) is 6.20 Å². The second kappa shape index (κ2) is 5.08. The summed E-state index contributed by atoms with van der Waals surface area (Å²) in [5.41, 5.74) is 0.569. The van der Waals surface area contributed by atoms with Crippen molar-refractivity contribution in [2.24, 2.45) is 0 Å². The van der Waals surface area contributed by atoms with Crippen molar-refractivity contribution in [2.75, 3.05) is 14.1 Å². The molecule has 8 heteroatoms. The van der Waals surface area contributed by atoms with Crippen molar-refractivity contribution in [2.45, 2.75) is 38.9 Å². The molecule has 0 unspecified atom stereocenters. The normalized spacial score (nSPS) is 13.8. The predicted octanol–water partition coefficient (Wildman–Crippen LogP) is 1.07. The molecule has 0 aliphatic heterocycles. The fourth-order valence-corrected chi connectivity index (χ4v) is 5.26. The SMILES string of the molecule is CN(C)S(=O)(=O)n1c(C=O)cnc1[Si](C)(C)C(C)(C)C. The Labute approximate surface area is 122 Å². The van der Waals surface area contributed by atoms with Gasteiger partial charge in [-0.15, -0.1) is 0 Å². The van der Waals surface area contributed by atoms with Crippen molar-refractivity contribution in [1.29, 1.82) is 0 Å². The molecular formula is C12H23N3O3SSi. The van der Waals surface area contributed by atoms with E-state index in [-0.39, 0.29) is 10.7 Å². The first-order valence-corrected chi connectivity index (χ1v) is 10.7. The summed E-state index contributed by atoms with van der Waals surface area (Å²) < 4.78 is 27.1. The zero-order valence-electron chi connectivity index (χ0n) is 13.1. The molecule has 0 saturated carbocycles. The second-order valence-corrected chi connectivity index (χ2v) is 13.7. The van der Waals surface area contributed by atoms with Crippen molar-refractivity contribution in [1.82, 2.24) is 13.3 Å². The zero-order valence-corrected chi connectivity index (χ0v) is 14.9. The molecule has 0 aliphatic rings. The minimum absolute atomic E-state index is 0.0681. The third-order valence-electron chi connectivity index (χ3n) is 3.99. The average molecular weight is 317 g/mol. The van der Waals surface area contributed by atoms with E-state index in [9.17, 15) is 13.2 Å². The molecule has 0 amide bonds. The van der Waals surface area contributed by atoms with Crippen LogP contribution >= 0.6 is 0 Å². The highest BCUT2D eigenvalue weighted by molar-refractivity contribution is 7.87. The van der Waals surface area contributed by atoms with Gasteiger partial charge in [0.2, 0.25) is 0 Å². The van der Waals surface area contributed by atoms with E-state index < -0.39 is 18.3 Å². The standard InChI is InChI=1S/C12H23N3O3SSi/c1-12(2,3)20(6,7)11-13-8-10(9-16)15(11)19(17,18)14(4)5/h8-9H,1-7H3. The number of carbonyl (C=O) groups excluding carboxylic acids is 1. The maximum atomic E-state index is 12.5. The summed E-state index contributed by atoms with van der Waals surface area (Å²) in [5, 5.41) is -0.0852. The van der Waals surface area contributed by atoms with Crippen molar-refractivity contribution in [3.05, 3.63) is 11.9 Å². The van der Waals surface area contributed by atoms with Crippen molar-refractivity contribution < 1.29 is 13.2 Å². The topological polar surface area (TPSA) is 72.3 Å². The molecule has 0 aliphatic carbocycles. The van der Waals surface area contributed by atoms with Crippen molar-refractivity contribution in [3.8, 4) is 0 Å². The largest absolute Gasteiger partial charge is 0.308 e. The molecule has 1 aromatic rings. The Morgan fingerprint density at radius 2 is 1.80 bits per heavy atom. The lowest BCUT2D eigenvalue weighted by molar-refractivity contribution is 0.111. The monoisotopic (exact) mass is 317 g/mol. The van der Waals surface area contributed by atoms with Crippen LogP contribution in [0.25, 0.3) is 0 Å². The Balaban J connectivity index is 3.70. The minimum Gasteiger partial charge on any atom is -0.296 e. The van der Waals surface area contributed by atoms with Gasteiger partial charge >= 0.3 is 10.2 Å².